The van der Waals surface area contributed by atoms with E-state index < -0.39 is 0 Å². The number of halogens is 1. The summed E-state index contributed by atoms with van der Waals surface area (Å²) in [4.78, 5) is 0. The average Bonchev–Trinajstić information content (AvgIpc) is 2.90. The summed E-state index contributed by atoms with van der Waals surface area (Å²) in [7, 11) is 0. The Kier molecular flexibility index (Phi) is 3.65. The minimum atomic E-state index is -0.267. The van der Waals surface area contributed by atoms with Gasteiger partial charge in [0.15, 0.2) is 11.5 Å². The number of nitrogens with two attached hydrogens (primary N) is 1. The first-order valence-electron chi connectivity index (χ1n) is 6.72. The van der Waals surface area contributed by atoms with Gasteiger partial charge in [0.1, 0.15) is 11.5 Å². The quantitative estimate of drug-likeness (QED) is 0.854. The van der Waals surface area contributed by atoms with Gasteiger partial charge in [-0.25, -0.2) is 4.39 Å². The van der Waals surface area contributed by atoms with Crippen molar-refractivity contribution in [3.05, 3.63) is 65.5 Å². The van der Waals surface area contributed by atoms with E-state index in [9.17, 15) is 4.39 Å². The Morgan fingerprint density at radius 2 is 1.86 bits per heavy atom. The summed E-state index contributed by atoms with van der Waals surface area (Å²) < 4.78 is 13.4. The molecule has 3 rings (SSSR count). The standard InChI is InChI=1S/C16H14FN5/c1-10-9-11(7-8-13(10)17)14-15(16(18)22-20-14)21-19-12-5-3-2-4-6-12/h2-9,19H,1H3,(H2,18,21,22). The SMILES string of the molecule is Cc1cc(C2=NN=C(N)/C2=N/Nc2ccccc2)ccc1F. The predicted molar refractivity (Wildman–Crippen MR) is 86.8 cm³/mol. The molecule has 0 fully saturated rings. The van der Waals surface area contributed by atoms with Crippen molar-refractivity contribution >= 4 is 22.9 Å². The molecule has 3 N–H and O–H groups in total. The van der Waals surface area contributed by atoms with E-state index in [0.29, 0.717) is 17.0 Å². The number of hydrogen-bond donors (Lipinski definition) is 2. The zero-order valence-electron chi connectivity index (χ0n) is 11.9. The van der Waals surface area contributed by atoms with E-state index >= 15 is 0 Å². The van der Waals surface area contributed by atoms with Crippen LogP contribution in [0.5, 0.6) is 0 Å². The molecule has 0 aromatic heterocycles. The number of hydrogen-bond acceptors (Lipinski definition) is 5. The first-order valence-corrected chi connectivity index (χ1v) is 6.72. The molecule has 0 saturated carbocycles. The number of amidine groups is 1. The van der Waals surface area contributed by atoms with Crippen LogP contribution in [0.1, 0.15) is 11.1 Å². The zero-order chi connectivity index (χ0) is 15.5. The van der Waals surface area contributed by atoms with Gasteiger partial charge >= 0.3 is 0 Å². The van der Waals surface area contributed by atoms with Crippen molar-refractivity contribution in [3.63, 3.8) is 0 Å². The van der Waals surface area contributed by atoms with Gasteiger partial charge < -0.3 is 5.73 Å². The molecule has 2 aromatic rings. The molecule has 0 radical (unpaired) electrons. The van der Waals surface area contributed by atoms with Crippen LogP contribution in [-0.2, 0) is 0 Å². The van der Waals surface area contributed by atoms with Crippen molar-refractivity contribution < 1.29 is 4.39 Å². The molecule has 0 saturated heterocycles. The number of hydrazone groups is 1. The lowest BCUT2D eigenvalue weighted by Gasteiger charge is -2.06. The smallest absolute Gasteiger partial charge is 0.176 e. The summed E-state index contributed by atoms with van der Waals surface area (Å²) in [5.41, 5.74) is 11.8. The highest BCUT2D eigenvalue weighted by molar-refractivity contribution is 6.72. The third-order valence-electron chi connectivity index (χ3n) is 3.23. The van der Waals surface area contributed by atoms with E-state index in [1.54, 1.807) is 19.1 Å². The molecular weight excluding hydrogens is 281 g/mol. The lowest BCUT2D eigenvalue weighted by atomic mass is 10.0. The van der Waals surface area contributed by atoms with Crippen molar-refractivity contribution in [2.45, 2.75) is 6.92 Å². The lowest BCUT2D eigenvalue weighted by Crippen LogP contribution is -2.28. The first-order chi connectivity index (χ1) is 10.6. The summed E-state index contributed by atoms with van der Waals surface area (Å²) >= 11 is 0. The molecule has 110 valence electrons. The Morgan fingerprint density at radius 3 is 2.59 bits per heavy atom. The van der Waals surface area contributed by atoms with E-state index in [4.69, 9.17) is 5.73 Å². The highest BCUT2D eigenvalue weighted by Gasteiger charge is 2.22. The van der Waals surface area contributed by atoms with Gasteiger partial charge in [0, 0.05) is 5.56 Å². The Morgan fingerprint density at radius 1 is 1.09 bits per heavy atom. The molecule has 1 aliphatic heterocycles. The van der Waals surface area contributed by atoms with Crippen molar-refractivity contribution in [1.29, 1.82) is 0 Å². The Bertz CT molecular complexity index is 793. The Balaban J connectivity index is 1.90. The van der Waals surface area contributed by atoms with Crippen LogP contribution in [0.3, 0.4) is 0 Å². The fraction of sp³-hybridized carbons (Fsp3) is 0.0625. The number of rotatable bonds is 3. The third kappa shape index (κ3) is 2.71. The van der Waals surface area contributed by atoms with Gasteiger partial charge in [-0.05, 0) is 42.8 Å². The lowest BCUT2D eigenvalue weighted by molar-refractivity contribution is 0.618. The van der Waals surface area contributed by atoms with Gasteiger partial charge in [0.05, 0.1) is 5.69 Å². The maximum absolute atomic E-state index is 13.4. The molecule has 0 spiro atoms. The van der Waals surface area contributed by atoms with Crippen LogP contribution in [0, 0.1) is 12.7 Å². The maximum atomic E-state index is 13.4. The van der Waals surface area contributed by atoms with Crippen molar-refractivity contribution in [2.75, 3.05) is 5.43 Å². The predicted octanol–water partition coefficient (Wildman–Crippen LogP) is 2.68. The number of nitrogens with zero attached hydrogens (tertiary/aromatic N) is 3. The molecule has 6 heteroatoms. The molecular formula is C16H14FN5. The van der Waals surface area contributed by atoms with Crippen molar-refractivity contribution in [2.24, 2.45) is 21.0 Å². The zero-order valence-corrected chi connectivity index (χ0v) is 11.9. The summed E-state index contributed by atoms with van der Waals surface area (Å²) in [6.45, 7) is 1.69. The van der Waals surface area contributed by atoms with Gasteiger partial charge in [0.2, 0.25) is 0 Å². The topological polar surface area (TPSA) is 75.1 Å². The van der Waals surface area contributed by atoms with Gasteiger partial charge in [-0.15, -0.1) is 10.2 Å². The molecule has 0 unspecified atom stereocenters. The fourth-order valence-corrected chi connectivity index (χ4v) is 2.05. The number of para-hydroxylation sites is 1. The molecule has 2 aromatic carbocycles. The van der Waals surface area contributed by atoms with Crippen molar-refractivity contribution in [1.82, 2.24) is 0 Å². The molecule has 0 bridgehead atoms. The van der Waals surface area contributed by atoms with Gasteiger partial charge in [-0.2, -0.15) is 5.10 Å². The van der Waals surface area contributed by atoms with Crippen LogP contribution >= 0.6 is 0 Å². The summed E-state index contributed by atoms with van der Waals surface area (Å²) in [5.74, 6) is -0.0439. The maximum Gasteiger partial charge on any atom is 0.176 e. The second-order valence-electron chi connectivity index (χ2n) is 4.84. The number of aryl methyl sites for hydroxylation is 1. The van der Waals surface area contributed by atoms with Crippen LogP contribution in [-0.4, -0.2) is 17.3 Å². The largest absolute Gasteiger partial charge is 0.380 e. The molecule has 1 heterocycles. The molecule has 0 atom stereocenters. The molecule has 5 nitrogen and oxygen atoms in total. The van der Waals surface area contributed by atoms with Crippen LogP contribution in [0.15, 0.2) is 63.8 Å². The number of nitrogens with one attached hydrogen (secondary N) is 1. The highest BCUT2D eigenvalue weighted by atomic mass is 19.1. The summed E-state index contributed by atoms with van der Waals surface area (Å²) in [6.07, 6.45) is 0. The van der Waals surface area contributed by atoms with E-state index in [2.05, 4.69) is 20.7 Å². The average molecular weight is 295 g/mol. The molecule has 0 amide bonds. The van der Waals surface area contributed by atoms with Gasteiger partial charge in [0.25, 0.3) is 0 Å². The van der Waals surface area contributed by atoms with Crippen LogP contribution in [0.4, 0.5) is 10.1 Å². The second-order valence-corrected chi connectivity index (χ2v) is 4.84. The first kappa shape index (κ1) is 13.9. The van der Waals surface area contributed by atoms with Crippen LogP contribution in [0.2, 0.25) is 0 Å². The minimum absolute atomic E-state index is 0.223. The number of anilines is 1. The molecule has 0 aliphatic carbocycles. The van der Waals surface area contributed by atoms with E-state index in [0.717, 1.165) is 11.3 Å². The normalized spacial score (nSPS) is 15.6. The molecule has 1 aliphatic rings. The van der Waals surface area contributed by atoms with Gasteiger partial charge in [-0.1, -0.05) is 18.2 Å². The summed E-state index contributed by atoms with van der Waals surface area (Å²) in [6, 6.07) is 14.2. The Hall–Kier alpha value is -3.02. The van der Waals surface area contributed by atoms with Crippen molar-refractivity contribution in [3.8, 4) is 0 Å². The van der Waals surface area contributed by atoms with E-state index in [-0.39, 0.29) is 11.7 Å². The number of benzene rings is 2. The minimum Gasteiger partial charge on any atom is -0.380 e. The fourth-order valence-electron chi connectivity index (χ4n) is 2.05. The Labute approximate surface area is 127 Å². The molecule has 22 heavy (non-hydrogen) atoms. The monoisotopic (exact) mass is 295 g/mol. The van der Waals surface area contributed by atoms with Gasteiger partial charge in [-0.3, -0.25) is 5.43 Å². The van der Waals surface area contributed by atoms with Crippen LogP contribution in [0.25, 0.3) is 0 Å². The second kappa shape index (κ2) is 5.77. The summed E-state index contributed by atoms with van der Waals surface area (Å²) in [5, 5.41) is 12.2. The van der Waals surface area contributed by atoms with Crippen LogP contribution < -0.4 is 11.2 Å². The van der Waals surface area contributed by atoms with E-state index in [1.807, 2.05) is 30.3 Å². The van der Waals surface area contributed by atoms with E-state index in [1.165, 1.54) is 6.07 Å². The highest BCUT2D eigenvalue weighted by Crippen LogP contribution is 2.14. The third-order valence-corrected chi connectivity index (χ3v) is 3.23.